The van der Waals surface area contributed by atoms with E-state index >= 15 is 0 Å². The second-order valence-corrected chi connectivity index (χ2v) is 10.0. The fourth-order valence-corrected chi connectivity index (χ4v) is 5.82. The van der Waals surface area contributed by atoms with Gasteiger partial charge in [0.05, 0.1) is 16.7 Å². The van der Waals surface area contributed by atoms with E-state index < -0.39 is 10.0 Å². The van der Waals surface area contributed by atoms with Crippen molar-refractivity contribution < 1.29 is 17.6 Å². The molecule has 1 N–H and O–H groups in total. The first kappa shape index (κ1) is 21.4. The molecule has 7 nitrogen and oxygen atoms in total. The number of furan rings is 1. The SMILES string of the molecule is O=C(c1ccoc1)N1CCN(C2CCCCC2NS(=O)(=O)c2ccc(Cl)cc2)CC1. The van der Waals surface area contributed by atoms with Crippen molar-refractivity contribution in [1.29, 1.82) is 0 Å². The Morgan fingerprint density at radius 3 is 2.40 bits per heavy atom. The van der Waals surface area contributed by atoms with Gasteiger partial charge in [0.2, 0.25) is 10.0 Å². The molecule has 2 fully saturated rings. The van der Waals surface area contributed by atoms with Gasteiger partial charge in [-0.3, -0.25) is 9.69 Å². The van der Waals surface area contributed by atoms with Gasteiger partial charge in [-0.1, -0.05) is 24.4 Å². The molecule has 1 saturated heterocycles. The van der Waals surface area contributed by atoms with Crippen LogP contribution < -0.4 is 4.72 Å². The van der Waals surface area contributed by atoms with Gasteiger partial charge in [-0.05, 0) is 43.2 Å². The molecule has 9 heteroatoms. The molecule has 2 aromatic rings. The highest BCUT2D eigenvalue weighted by Gasteiger charge is 2.35. The quantitative estimate of drug-likeness (QED) is 0.755. The zero-order chi connectivity index (χ0) is 21.1. The van der Waals surface area contributed by atoms with Gasteiger partial charge in [-0.15, -0.1) is 0 Å². The minimum Gasteiger partial charge on any atom is -0.472 e. The summed E-state index contributed by atoms with van der Waals surface area (Å²) in [5.74, 6) is -0.0213. The van der Waals surface area contributed by atoms with Gasteiger partial charge in [0, 0.05) is 43.3 Å². The van der Waals surface area contributed by atoms with E-state index in [1.165, 1.54) is 24.7 Å². The first-order valence-corrected chi connectivity index (χ1v) is 12.1. The standard InChI is InChI=1S/C21H26ClN3O4S/c22-17-5-7-18(8-6-17)30(27,28)23-19-3-1-2-4-20(19)24-10-12-25(13-11-24)21(26)16-9-14-29-15-16/h5-9,14-15,19-20,23H,1-4,10-13H2. The normalized spacial score (nSPS) is 23.4. The molecule has 1 aliphatic carbocycles. The third-order valence-corrected chi connectivity index (χ3v) is 7.76. The summed E-state index contributed by atoms with van der Waals surface area (Å²) in [5, 5.41) is 0.507. The lowest BCUT2D eigenvalue weighted by Gasteiger charge is -2.44. The number of halogens is 1. The zero-order valence-corrected chi connectivity index (χ0v) is 18.2. The monoisotopic (exact) mass is 451 g/mol. The molecule has 4 rings (SSSR count). The molecule has 2 aliphatic rings. The minimum atomic E-state index is -3.61. The summed E-state index contributed by atoms with van der Waals surface area (Å²) < 4.78 is 33.7. The molecule has 0 radical (unpaired) electrons. The summed E-state index contributed by atoms with van der Waals surface area (Å²) in [6, 6.07) is 7.90. The summed E-state index contributed by atoms with van der Waals surface area (Å²) >= 11 is 5.89. The van der Waals surface area contributed by atoms with Crippen molar-refractivity contribution >= 4 is 27.5 Å². The van der Waals surface area contributed by atoms with Gasteiger partial charge in [-0.25, -0.2) is 13.1 Å². The molecular formula is C21H26ClN3O4S. The summed E-state index contributed by atoms with van der Waals surface area (Å²) in [6.45, 7) is 2.70. The predicted octanol–water partition coefficient (Wildman–Crippen LogP) is 2.98. The van der Waals surface area contributed by atoms with Gasteiger partial charge in [0.1, 0.15) is 6.26 Å². The van der Waals surface area contributed by atoms with Crippen LogP contribution >= 0.6 is 11.6 Å². The van der Waals surface area contributed by atoms with Crippen LogP contribution in [-0.2, 0) is 10.0 Å². The number of piperazine rings is 1. The van der Waals surface area contributed by atoms with E-state index in [0.29, 0.717) is 23.7 Å². The van der Waals surface area contributed by atoms with Crippen molar-refractivity contribution in [3.8, 4) is 0 Å². The van der Waals surface area contributed by atoms with Crippen LogP contribution in [0.2, 0.25) is 5.02 Å². The van der Waals surface area contributed by atoms with E-state index in [4.69, 9.17) is 16.0 Å². The van der Waals surface area contributed by atoms with Crippen LogP contribution in [0, 0.1) is 0 Å². The molecule has 30 heavy (non-hydrogen) atoms. The van der Waals surface area contributed by atoms with Crippen LogP contribution in [0.1, 0.15) is 36.0 Å². The average molecular weight is 452 g/mol. The number of nitrogens with zero attached hydrogens (tertiary/aromatic N) is 2. The Bertz CT molecular complexity index is 955. The van der Waals surface area contributed by atoms with Crippen LogP contribution in [0.5, 0.6) is 0 Å². The Balaban J connectivity index is 1.40. The number of rotatable bonds is 5. The lowest BCUT2D eigenvalue weighted by Crippen LogP contribution is -2.58. The molecule has 2 atom stereocenters. The molecule has 2 unspecified atom stereocenters. The molecule has 1 aliphatic heterocycles. The summed E-state index contributed by atoms with van der Waals surface area (Å²) in [6.07, 6.45) is 6.82. The number of hydrogen-bond acceptors (Lipinski definition) is 5. The van der Waals surface area contributed by atoms with Gasteiger partial charge < -0.3 is 9.32 Å². The van der Waals surface area contributed by atoms with Crippen LogP contribution in [-0.4, -0.2) is 62.4 Å². The van der Waals surface area contributed by atoms with Crippen molar-refractivity contribution in [1.82, 2.24) is 14.5 Å². The largest absolute Gasteiger partial charge is 0.472 e. The fourth-order valence-electron chi connectivity index (χ4n) is 4.39. The number of benzene rings is 1. The molecule has 1 aromatic carbocycles. The van der Waals surface area contributed by atoms with Gasteiger partial charge in [0.25, 0.3) is 5.91 Å². The molecular weight excluding hydrogens is 426 g/mol. The topological polar surface area (TPSA) is 82.9 Å². The van der Waals surface area contributed by atoms with Crippen molar-refractivity contribution in [3.63, 3.8) is 0 Å². The maximum atomic E-state index is 12.9. The average Bonchev–Trinajstić information content (AvgIpc) is 3.29. The van der Waals surface area contributed by atoms with Crippen molar-refractivity contribution in [3.05, 3.63) is 53.4 Å². The van der Waals surface area contributed by atoms with Crippen LogP contribution in [0.4, 0.5) is 0 Å². The summed E-state index contributed by atoms with van der Waals surface area (Å²) in [4.78, 5) is 16.9. The number of amides is 1. The molecule has 1 saturated carbocycles. The lowest BCUT2D eigenvalue weighted by molar-refractivity contribution is 0.0478. The number of hydrogen-bond donors (Lipinski definition) is 1. The molecule has 162 valence electrons. The molecule has 0 bridgehead atoms. The minimum absolute atomic E-state index is 0.0213. The predicted molar refractivity (Wildman–Crippen MR) is 114 cm³/mol. The maximum absolute atomic E-state index is 12.9. The lowest BCUT2D eigenvalue weighted by atomic mass is 9.89. The first-order chi connectivity index (χ1) is 14.4. The van der Waals surface area contributed by atoms with Gasteiger partial charge in [0.15, 0.2) is 0 Å². The second-order valence-electron chi connectivity index (χ2n) is 7.87. The summed E-state index contributed by atoms with van der Waals surface area (Å²) in [5.41, 5.74) is 0.565. The maximum Gasteiger partial charge on any atom is 0.257 e. The van der Waals surface area contributed by atoms with E-state index in [0.717, 1.165) is 38.8 Å². The molecule has 2 heterocycles. The van der Waals surface area contributed by atoms with Crippen LogP contribution in [0.25, 0.3) is 0 Å². The molecule has 1 aromatic heterocycles. The van der Waals surface area contributed by atoms with Crippen LogP contribution in [0.15, 0.2) is 52.2 Å². The highest BCUT2D eigenvalue weighted by molar-refractivity contribution is 7.89. The van der Waals surface area contributed by atoms with Gasteiger partial charge >= 0.3 is 0 Å². The van der Waals surface area contributed by atoms with E-state index in [2.05, 4.69) is 9.62 Å². The molecule has 1 amide bonds. The van der Waals surface area contributed by atoms with E-state index in [-0.39, 0.29) is 22.9 Å². The Morgan fingerprint density at radius 2 is 1.73 bits per heavy atom. The number of carbonyl (C=O) groups excluding carboxylic acids is 1. The fraction of sp³-hybridized carbons (Fsp3) is 0.476. The van der Waals surface area contributed by atoms with Crippen molar-refractivity contribution in [2.24, 2.45) is 0 Å². The van der Waals surface area contributed by atoms with Crippen LogP contribution in [0.3, 0.4) is 0 Å². The first-order valence-electron chi connectivity index (χ1n) is 10.3. The van der Waals surface area contributed by atoms with Gasteiger partial charge in [-0.2, -0.15) is 0 Å². The third kappa shape index (κ3) is 4.72. The molecule has 0 spiro atoms. The number of sulfonamides is 1. The van der Waals surface area contributed by atoms with Crippen molar-refractivity contribution in [2.45, 2.75) is 42.7 Å². The van der Waals surface area contributed by atoms with E-state index in [1.807, 2.05) is 4.90 Å². The Labute approximate surface area is 182 Å². The Kier molecular flexibility index (Phi) is 6.48. The highest BCUT2D eigenvalue weighted by Crippen LogP contribution is 2.26. The number of nitrogens with one attached hydrogen (secondary N) is 1. The van der Waals surface area contributed by atoms with E-state index in [1.54, 1.807) is 18.2 Å². The second kappa shape index (κ2) is 9.09. The summed E-state index contributed by atoms with van der Waals surface area (Å²) in [7, 11) is -3.61. The Morgan fingerprint density at radius 1 is 1.03 bits per heavy atom. The third-order valence-electron chi connectivity index (χ3n) is 6.00. The number of carbonyl (C=O) groups is 1. The zero-order valence-electron chi connectivity index (χ0n) is 16.7. The Hall–Kier alpha value is -1.87. The van der Waals surface area contributed by atoms with Crippen molar-refractivity contribution in [2.75, 3.05) is 26.2 Å². The smallest absolute Gasteiger partial charge is 0.257 e. The van der Waals surface area contributed by atoms with E-state index in [9.17, 15) is 13.2 Å². The highest BCUT2D eigenvalue weighted by atomic mass is 35.5.